The van der Waals surface area contributed by atoms with E-state index in [4.69, 9.17) is 5.11 Å². The smallest absolute Gasteiger partial charge is 0.243 e. The average molecular weight is 268 g/mol. The number of aliphatic hydroxyl groups is 1. The van der Waals surface area contributed by atoms with Gasteiger partial charge in [-0.1, -0.05) is 26.7 Å². The summed E-state index contributed by atoms with van der Waals surface area (Å²) in [5, 5.41) is 18.5. The van der Waals surface area contributed by atoms with Crippen molar-refractivity contribution >= 4 is 5.91 Å². The van der Waals surface area contributed by atoms with Crippen LogP contribution in [0.15, 0.2) is 0 Å². The third kappa shape index (κ3) is 4.83. The first kappa shape index (κ1) is 17.9. The lowest BCUT2D eigenvalue weighted by Gasteiger charge is -2.35. The minimum absolute atomic E-state index is 0.0560. The third-order valence-electron chi connectivity index (χ3n) is 3.42. The van der Waals surface area contributed by atoms with Crippen LogP contribution in [0.5, 0.6) is 0 Å². The van der Waals surface area contributed by atoms with Crippen LogP contribution >= 0.6 is 0 Å². The molecule has 0 rings (SSSR count). The second kappa shape index (κ2) is 8.92. The van der Waals surface area contributed by atoms with Gasteiger partial charge in [0, 0.05) is 19.2 Å². The maximum Gasteiger partial charge on any atom is 0.243 e. The second-order valence-corrected chi connectivity index (χ2v) is 5.36. The van der Waals surface area contributed by atoms with Crippen molar-refractivity contribution < 1.29 is 9.90 Å². The van der Waals surface area contributed by atoms with Crippen molar-refractivity contribution in [2.24, 2.45) is 5.41 Å². The molecule has 110 valence electrons. The van der Waals surface area contributed by atoms with Gasteiger partial charge in [-0.25, -0.2) is 0 Å². The molecule has 0 spiro atoms. The van der Waals surface area contributed by atoms with E-state index < -0.39 is 5.41 Å². The van der Waals surface area contributed by atoms with Gasteiger partial charge in [-0.05, 0) is 33.1 Å². The fourth-order valence-electron chi connectivity index (χ4n) is 2.46. The van der Waals surface area contributed by atoms with Crippen LogP contribution in [0.1, 0.15) is 59.8 Å². The van der Waals surface area contributed by atoms with Gasteiger partial charge in [0.25, 0.3) is 0 Å². The Bertz CT molecular complexity index is 302. The van der Waals surface area contributed by atoms with Gasteiger partial charge in [0.15, 0.2) is 0 Å². The Morgan fingerprint density at radius 3 is 2.16 bits per heavy atom. The minimum Gasteiger partial charge on any atom is -0.396 e. The van der Waals surface area contributed by atoms with Gasteiger partial charge in [-0.15, -0.1) is 0 Å². The van der Waals surface area contributed by atoms with Gasteiger partial charge in [-0.3, -0.25) is 4.79 Å². The first-order valence-corrected chi connectivity index (χ1v) is 7.32. The van der Waals surface area contributed by atoms with E-state index in [1.54, 1.807) is 4.90 Å². The minimum atomic E-state index is -0.886. The summed E-state index contributed by atoms with van der Waals surface area (Å²) < 4.78 is 0. The fraction of sp³-hybridized carbons (Fsp3) is 0.867. The number of hydrogen-bond acceptors (Lipinski definition) is 3. The first-order valence-electron chi connectivity index (χ1n) is 7.32. The van der Waals surface area contributed by atoms with Crippen LogP contribution < -0.4 is 0 Å². The molecule has 4 nitrogen and oxygen atoms in total. The molecule has 0 saturated heterocycles. The van der Waals surface area contributed by atoms with E-state index in [9.17, 15) is 10.1 Å². The van der Waals surface area contributed by atoms with Crippen molar-refractivity contribution in [3.63, 3.8) is 0 Å². The molecule has 0 aliphatic rings. The van der Waals surface area contributed by atoms with Crippen LogP contribution in [0.2, 0.25) is 0 Å². The molecule has 0 saturated carbocycles. The van der Waals surface area contributed by atoms with Crippen LogP contribution in [-0.2, 0) is 4.79 Å². The highest BCUT2D eigenvalue weighted by Gasteiger charge is 2.40. The van der Waals surface area contributed by atoms with E-state index in [2.05, 4.69) is 6.07 Å². The Morgan fingerprint density at radius 1 is 1.32 bits per heavy atom. The van der Waals surface area contributed by atoms with Crippen LogP contribution in [0.3, 0.4) is 0 Å². The van der Waals surface area contributed by atoms with Gasteiger partial charge in [0.05, 0.1) is 6.07 Å². The van der Waals surface area contributed by atoms with E-state index in [1.165, 1.54) is 0 Å². The highest BCUT2D eigenvalue weighted by atomic mass is 16.3. The summed E-state index contributed by atoms with van der Waals surface area (Å²) in [6, 6.07) is 2.33. The molecule has 0 aromatic rings. The number of carbonyl (C=O) groups excluding carboxylic acids is 1. The van der Waals surface area contributed by atoms with Crippen molar-refractivity contribution in [1.29, 1.82) is 5.26 Å². The number of aliphatic hydroxyl groups excluding tert-OH is 1. The van der Waals surface area contributed by atoms with Gasteiger partial charge >= 0.3 is 0 Å². The Balaban J connectivity index is 5.17. The molecule has 0 aromatic heterocycles. The van der Waals surface area contributed by atoms with E-state index in [1.807, 2.05) is 27.7 Å². The van der Waals surface area contributed by atoms with Crippen LogP contribution in [-0.4, -0.2) is 35.1 Å². The maximum atomic E-state index is 12.7. The predicted molar refractivity (Wildman–Crippen MR) is 76.4 cm³/mol. The van der Waals surface area contributed by atoms with E-state index in [0.29, 0.717) is 25.8 Å². The predicted octanol–water partition coefficient (Wildman–Crippen LogP) is 2.72. The summed E-state index contributed by atoms with van der Waals surface area (Å²) in [7, 11) is 0. The zero-order valence-corrected chi connectivity index (χ0v) is 12.8. The van der Waals surface area contributed by atoms with Crippen molar-refractivity contribution in [2.75, 3.05) is 13.2 Å². The summed E-state index contributed by atoms with van der Waals surface area (Å²) in [5.74, 6) is -0.0675. The number of carbonyl (C=O) groups is 1. The number of nitriles is 1. The lowest BCUT2D eigenvalue weighted by atomic mass is 9.79. The van der Waals surface area contributed by atoms with Crippen LogP contribution in [0.4, 0.5) is 0 Å². The summed E-state index contributed by atoms with van der Waals surface area (Å²) in [6.07, 6.45) is 3.43. The second-order valence-electron chi connectivity index (χ2n) is 5.36. The first-order chi connectivity index (χ1) is 8.98. The topological polar surface area (TPSA) is 64.3 Å². The molecule has 1 N–H and O–H groups in total. The third-order valence-corrected chi connectivity index (χ3v) is 3.42. The zero-order chi connectivity index (χ0) is 14.9. The van der Waals surface area contributed by atoms with Gasteiger partial charge in [0.1, 0.15) is 5.41 Å². The number of rotatable bonds is 9. The Hall–Kier alpha value is -1.08. The van der Waals surface area contributed by atoms with E-state index in [0.717, 1.165) is 12.8 Å². The van der Waals surface area contributed by atoms with Gasteiger partial charge < -0.3 is 10.0 Å². The zero-order valence-electron chi connectivity index (χ0n) is 12.8. The Labute approximate surface area is 117 Å². The molecule has 1 amide bonds. The molecule has 0 bridgehead atoms. The molecule has 0 aliphatic heterocycles. The maximum absolute atomic E-state index is 12.7. The fourth-order valence-corrected chi connectivity index (χ4v) is 2.46. The van der Waals surface area contributed by atoms with Crippen molar-refractivity contribution in [3.8, 4) is 6.07 Å². The lowest BCUT2D eigenvalue weighted by molar-refractivity contribution is -0.141. The normalized spacial score (nSPS) is 11.4. The van der Waals surface area contributed by atoms with Gasteiger partial charge in [0.2, 0.25) is 5.91 Å². The van der Waals surface area contributed by atoms with Crippen molar-refractivity contribution in [1.82, 2.24) is 4.90 Å². The molecule has 0 radical (unpaired) electrons. The number of hydrogen-bond donors (Lipinski definition) is 1. The van der Waals surface area contributed by atoms with E-state index >= 15 is 0 Å². The molecule has 0 fully saturated rings. The number of amides is 1. The molecule has 0 aliphatic carbocycles. The monoisotopic (exact) mass is 268 g/mol. The van der Waals surface area contributed by atoms with Crippen molar-refractivity contribution in [3.05, 3.63) is 0 Å². The molecule has 0 heterocycles. The SMILES string of the molecule is CCCC(C#N)(CCC)C(=O)N(CCCO)C(C)C. The molecular formula is C15H28N2O2. The highest BCUT2D eigenvalue weighted by molar-refractivity contribution is 5.85. The lowest BCUT2D eigenvalue weighted by Crippen LogP contribution is -2.47. The average Bonchev–Trinajstić information content (AvgIpc) is 2.38. The number of nitrogens with zero attached hydrogens (tertiary/aromatic N) is 2. The molecule has 0 atom stereocenters. The summed E-state index contributed by atoms with van der Waals surface area (Å²) in [6.45, 7) is 8.50. The summed E-state index contributed by atoms with van der Waals surface area (Å²) in [4.78, 5) is 14.5. The highest BCUT2D eigenvalue weighted by Crippen LogP contribution is 2.32. The molecular weight excluding hydrogens is 240 g/mol. The largest absolute Gasteiger partial charge is 0.396 e. The quantitative estimate of drug-likeness (QED) is 0.699. The molecule has 4 heteroatoms. The molecule has 0 aromatic carbocycles. The Morgan fingerprint density at radius 2 is 1.84 bits per heavy atom. The molecule has 19 heavy (non-hydrogen) atoms. The van der Waals surface area contributed by atoms with Crippen molar-refractivity contribution in [2.45, 2.75) is 65.8 Å². The van der Waals surface area contributed by atoms with Crippen LogP contribution in [0, 0.1) is 16.7 Å². The van der Waals surface area contributed by atoms with E-state index in [-0.39, 0.29) is 18.6 Å². The summed E-state index contributed by atoms with van der Waals surface area (Å²) >= 11 is 0. The standard InChI is InChI=1S/C15H28N2O2/c1-5-8-15(12-16,9-6-2)14(19)17(13(3)4)10-7-11-18/h13,18H,5-11H2,1-4H3. The molecule has 0 unspecified atom stereocenters. The summed E-state index contributed by atoms with van der Waals surface area (Å²) in [5.41, 5.74) is -0.886. The Kier molecular flexibility index (Phi) is 8.42. The van der Waals surface area contributed by atoms with Gasteiger partial charge in [-0.2, -0.15) is 5.26 Å². The van der Waals surface area contributed by atoms with Crippen LogP contribution in [0.25, 0.3) is 0 Å².